The summed E-state index contributed by atoms with van der Waals surface area (Å²) in [5, 5.41) is 27.1. The first-order valence-electron chi connectivity index (χ1n) is 21.1. The van der Waals surface area contributed by atoms with Crippen LogP contribution in [-0.4, -0.2) is 73.2 Å². The molecule has 58 heavy (non-hydrogen) atoms. The summed E-state index contributed by atoms with van der Waals surface area (Å²) in [6, 6.07) is 25.0. The number of aliphatic hydroxyl groups is 1. The Hall–Kier alpha value is -4.26. The van der Waals surface area contributed by atoms with Crippen LogP contribution in [0.1, 0.15) is 93.7 Å². The van der Waals surface area contributed by atoms with Crippen molar-refractivity contribution in [3.8, 4) is 11.5 Å². The van der Waals surface area contributed by atoms with E-state index in [1.165, 1.54) is 18.1 Å². The summed E-state index contributed by atoms with van der Waals surface area (Å²) in [6.07, 6.45) is 9.33. The van der Waals surface area contributed by atoms with Crippen molar-refractivity contribution in [2.45, 2.75) is 102 Å². The number of phenols is 1. The van der Waals surface area contributed by atoms with Gasteiger partial charge in [-0.1, -0.05) is 88.6 Å². The van der Waals surface area contributed by atoms with Crippen molar-refractivity contribution >= 4 is 19.2 Å². The van der Waals surface area contributed by atoms with Crippen molar-refractivity contribution in [2.75, 3.05) is 39.8 Å². The number of rotatable bonds is 19. The van der Waals surface area contributed by atoms with Crippen LogP contribution in [0.25, 0.3) is 10.9 Å². The molecule has 0 spiro atoms. The fourth-order valence-corrected chi connectivity index (χ4v) is 9.10. The van der Waals surface area contributed by atoms with Crippen molar-refractivity contribution in [1.29, 1.82) is 0 Å². The summed E-state index contributed by atoms with van der Waals surface area (Å²) < 4.78 is 19.4. The quantitative estimate of drug-likeness (QED) is 0.0477. The molecule has 0 bridgehead atoms. The number of nitrogens with one attached hydrogen (secondary N) is 2. The number of likely N-dealkylation sites (N-methyl/N-ethyl adjacent to an activating group) is 1. The molecule has 1 fully saturated rings. The van der Waals surface area contributed by atoms with E-state index in [2.05, 4.69) is 73.2 Å². The lowest BCUT2D eigenvalue weighted by atomic mass is 9.73. The zero-order valence-electron chi connectivity index (χ0n) is 35.4. The summed E-state index contributed by atoms with van der Waals surface area (Å²) in [5.41, 5.74) is 1.94. The molecule has 1 aliphatic carbocycles. The van der Waals surface area contributed by atoms with Crippen molar-refractivity contribution in [2.24, 2.45) is 5.92 Å². The summed E-state index contributed by atoms with van der Waals surface area (Å²) in [5.74, 6) is 2.21. The van der Waals surface area contributed by atoms with Gasteiger partial charge in [0.05, 0.1) is 24.4 Å². The minimum absolute atomic E-state index is 0.0103. The van der Waals surface area contributed by atoms with Crippen LogP contribution >= 0.6 is 0 Å². The highest BCUT2D eigenvalue weighted by Gasteiger charge is 2.45. The average molecular weight is 809 g/mol. The third kappa shape index (κ3) is 10.7. The lowest BCUT2D eigenvalue weighted by Gasteiger charge is -2.39. The van der Waals surface area contributed by atoms with E-state index in [-0.39, 0.29) is 28.4 Å². The van der Waals surface area contributed by atoms with Crippen molar-refractivity contribution in [3.63, 3.8) is 0 Å². The van der Waals surface area contributed by atoms with Gasteiger partial charge >= 0.3 is 0 Å². The highest BCUT2D eigenvalue weighted by molar-refractivity contribution is 6.74. The molecule has 2 aromatic heterocycles. The summed E-state index contributed by atoms with van der Waals surface area (Å²) in [6.45, 7) is 14.8. The predicted octanol–water partition coefficient (Wildman–Crippen LogP) is 8.88. The Bertz CT molecular complexity index is 2120. The van der Waals surface area contributed by atoms with Gasteiger partial charge in [0.15, 0.2) is 13.9 Å². The van der Waals surface area contributed by atoms with E-state index in [9.17, 15) is 15.0 Å². The van der Waals surface area contributed by atoms with Gasteiger partial charge in [0.25, 0.3) is 0 Å². The molecule has 5 aromatic rings. The van der Waals surface area contributed by atoms with E-state index in [1.54, 1.807) is 18.3 Å². The number of oxazole rings is 1. The van der Waals surface area contributed by atoms with Crippen LogP contribution in [0.3, 0.4) is 0 Å². The van der Waals surface area contributed by atoms with E-state index in [1.807, 2.05) is 48.5 Å². The number of hydrogen-bond donors (Lipinski definition) is 4. The summed E-state index contributed by atoms with van der Waals surface area (Å²) >= 11 is 0. The predicted molar refractivity (Wildman–Crippen MR) is 234 cm³/mol. The number of aromatic nitrogens is 2. The molecule has 0 radical (unpaired) electrons. The number of hydrogen-bond acceptors (Lipinski definition) is 9. The second-order valence-electron chi connectivity index (χ2n) is 17.6. The van der Waals surface area contributed by atoms with Crippen LogP contribution in [0.15, 0.2) is 94.3 Å². The number of pyridine rings is 1. The minimum Gasteiger partial charge on any atom is -0.506 e. The average Bonchev–Trinajstić information content (AvgIpc) is 3.70. The number of H-pyrrole nitrogens is 1. The molecule has 0 saturated heterocycles. The number of nitrogens with zero attached hydrogens (tertiary/aromatic N) is 2. The van der Waals surface area contributed by atoms with E-state index >= 15 is 0 Å². The Kier molecular flexibility index (Phi) is 14.3. The number of aromatic amines is 1. The first kappa shape index (κ1) is 43.3. The van der Waals surface area contributed by atoms with Gasteiger partial charge in [-0.3, -0.25) is 4.79 Å². The Morgan fingerprint density at radius 2 is 1.76 bits per heavy atom. The van der Waals surface area contributed by atoms with Gasteiger partial charge in [-0.2, -0.15) is 0 Å². The topological polar surface area (TPSA) is 133 Å². The molecule has 0 amide bonds. The number of fused-ring (bicyclic) bond motifs is 1. The SMILES string of the molecule is CN(CCCOc1cccc(CCNCC(O[Si](C)(C)C(C)(C)C)c2ccc(O)c3[nH]c(=O)ccc23)c1)CCc1cnc(C(O)(c2ccccc2)C2CCCCC2)o1. The first-order valence-corrected chi connectivity index (χ1v) is 24.0. The molecule has 1 saturated carbocycles. The second-order valence-corrected chi connectivity index (χ2v) is 22.4. The van der Waals surface area contributed by atoms with Crippen LogP contribution < -0.4 is 15.6 Å². The molecule has 4 N–H and O–H groups in total. The number of aromatic hydroxyl groups is 1. The molecule has 312 valence electrons. The summed E-state index contributed by atoms with van der Waals surface area (Å²) in [7, 11) is -0.0580. The Labute approximate surface area is 345 Å². The Morgan fingerprint density at radius 1 is 0.983 bits per heavy atom. The fraction of sp³-hybridized carbons (Fsp3) is 0.489. The highest BCUT2D eigenvalue weighted by Crippen LogP contribution is 2.44. The van der Waals surface area contributed by atoms with Crippen LogP contribution in [-0.2, 0) is 22.9 Å². The van der Waals surface area contributed by atoms with Gasteiger partial charge in [0.1, 0.15) is 17.3 Å². The Morgan fingerprint density at radius 3 is 2.52 bits per heavy atom. The van der Waals surface area contributed by atoms with E-state index < -0.39 is 13.9 Å². The second kappa shape index (κ2) is 19.2. The van der Waals surface area contributed by atoms with Gasteiger partial charge in [-0.05, 0) is 98.4 Å². The molecule has 2 heterocycles. The standard InChI is InChI=1S/C47H64N4O6Si/c1-46(2,3)58(5,6)57-42(39-21-23-41(52)44-40(39)22-24-43(53)50-44)33-48-27-25-34-15-13-20-37(31-34)55-30-14-28-51(4)29-26-38-32-49-45(56-38)47(54,35-16-9-7-10-17-35)36-18-11-8-12-19-36/h7,9-10,13,15-17,20-24,31-32,36,42,48,52,54H,8,11-12,14,18-19,25-30,33H2,1-6H3,(H,50,53). The van der Waals surface area contributed by atoms with E-state index in [4.69, 9.17) is 13.6 Å². The molecule has 3 aromatic carbocycles. The smallest absolute Gasteiger partial charge is 0.248 e. The van der Waals surface area contributed by atoms with Crippen LogP contribution in [0.2, 0.25) is 18.1 Å². The van der Waals surface area contributed by atoms with Crippen LogP contribution in [0, 0.1) is 5.92 Å². The van der Waals surface area contributed by atoms with Gasteiger partial charge in [0, 0.05) is 43.4 Å². The maximum Gasteiger partial charge on any atom is 0.248 e. The number of benzene rings is 3. The third-order valence-electron chi connectivity index (χ3n) is 12.3. The maximum absolute atomic E-state index is 12.1. The van der Waals surface area contributed by atoms with Gasteiger partial charge < -0.3 is 39.0 Å². The lowest BCUT2D eigenvalue weighted by Crippen LogP contribution is -2.43. The zero-order valence-corrected chi connectivity index (χ0v) is 36.4. The molecule has 10 nitrogen and oxygen atoms in total. The third-order valence-corrected chi connectivity index (χ3v) is 16.8. The summed E-state index contributed by atoms with van der Waals surface area (Å²) in [4.78, 5) is 21.8. The Balaban J connectivity index is 0.967. The van der Waals surface area contributed by atoms with Crippen LogP contribution in [0.4, 0.5) is 0 Å². The van der Waals surface area contributed by atoms with Gasteiger partial charge in [-0.15, -0.1) is 0 Å². The molecule has 0 aliphatic heterocycles. The van der Waals surface area contributed by atoms with Crippen molar-refractivity contribution in [1.82, 2.24) is 20.2 Å². The molecular formula is C47H64N4O6Si. The highest BCUT2D eigenvalue weighted by atomic mass is 28.4. The van der Waals surface area contributed by atoms with Gasteiger partial charge in [0.2, 0.25) is 11.4 Å². The van der Waals surface area contributed by atoms with Gasteiger partial charge in [-0.25, -0.2) is 4.98 Å². The molecule has 1 aliphatic rings. The maximum atomic E-state index is 12.1. The van der Waals surface area contributed by atoms with E-state index in [0.717, 1.165) is 86.2 Å². The minimum atomic E-state index is -2.17. The molecule has 2 atom stereocenters. The monoisotopic (exact) mass is 808 g/mol. The fourth-order valence-electron chi connectivity index (χ4n) is 7.83. The normalized spacial score (nSPS) is 15.8. The first-order chi connectivity index (χ1) is 27.7. The van der Waals surface area contributed by atoms with Crippen LogP contribution in [0.5, 0.6) is 11.5 Å². The van der Waals surface area contributed by atoms with Crippen molar-refractivity contribution < 1.29 is 23.8 Å². The molecule has 6 rings (SSSR count). The molecule has 2 unspecified atom stereocenters. The van der Waals surface area contributed by atoms with E-state index in [0.29, 0.717) is 31.0 Å². The number of phenolic OH excluding ortho intramolecular Hbond substituents is 1. The number of ether oxygens (including phenoxy) is 1. The van der Waals surface area contributed by atoms with Crippen molar-refractivity contribution in [3.05, 3.63) is 124 Å². The molecular weight excluding hydrogens is 745 g/mol. The zero-order chi connectivity index (χ0) is 41.3. The largest absolute Gasteiger partial charge is 0.506 e. The lowest BCUT2D eigenvalue weighted by molar-refractivity contribution is -0.0239. The molecule has 11 heteroatoms.